The summed E-state index contributed by atoms with van der Waals surface area (Å²) in [6.07, 6.45) is 5.02. The van der Waals surface area contributed by atoms with Gasteiger partial charge in [0.15, 0.2) is 23.0 Å². The molecule has 7 aromatic rings. The van der Waals surface area contributed by atoms with Crippen molar-refractivity contribution in [2.75, 3.05) is 33.7 Å². The lowest BCUT2D eigenvalue weighted by Gasteiger charge is -2.32. The Balaban J connectivity index is 1.09. The molecular formula is C79H88Cl2N10O19. The van der Waals surface area contributed by atoms with E-state index in [4.69, 9.17) is 42.1 Å². The quantitative estimate of drug-likeness (QED) is 0.0377. The third kappa shape index (κ3) is 18.9. The molecule has 13 rings (SSSR count). The number of phenolic OH excluding ortho intramolecular Hbond substituents is 6. The molecule has 8 atom stereocenters. The number of rotatable bonds is 17. The van der Waals surface area contributed by atoms with Gasteiger partial charge in [-0.2, -0.15) is 0 Å². The Bertz CT molecular complexity index is 4710. The van der Waals surface area contributed by atoms with Crippen molar-refractivity contribution in [1.29, 1.82) is 0 Å². The summed E-state index contributed by atoms with van der Waals surface area (Å²) in [6.45, 7) is 7.74. The van der Waals surface area contributed by atoms with Gasteiger partial charge in [-0.3, -0.25) is 33.6 Å². The van der Waals surface area contributed by atoms with Crippen LogP contribution in [0.3, 0.4) is 0 Å². The number of hydrogen-bond acceptors (Lipinski definition) is 21. The number of aromatic hydroxyl groups is 6. The molecule has 6 aliphatic heterocycles. The molecule has 6 aliphatic rings. The van der Waals surface area contributed by atoms with Gasteiger partial charge in [-0.25, -0.2) is 4.79 Å². The second-order valence-corrected chi connectivity index (χ2v) is 29.5. The standard InChI is InChI=1S/C79H88Cl2N10O19/c1-7-8-9-10-11-12-13-14-24-82-38-49-55(95)37-48-61(69(49)97)47-31-40(17-20-53(47)93)62-74(102)89-67(77(105)88-66(48)72(100)83-25-15-26-91(5)6)68(96)42-19-23-57(51(81)32-42)109-60-35-44-34-59(70(60)98)108-56-22-16-39(27-50(56)80)28-52-71(99)85-64(75(103)87-65(44)76(104)86-62)43-29-45(92)36-46(30-43)107-58-33-41(18-21-54(58)94)63(73(101)84-52)90-78(106)110-79(2,3)4/h16-23,27,29-37,52,62-68,82,92-98H,7-15,24-26,28,38H2,1-6H3,(H,83,100)(H,84,101)(H,85,99)(H,86,104)(H,87,103)(H,88,105)(H,89,102)(H,90,106)/t52-,62-,63+,64-,65-,66-,67-,68?/m0/s1. The van der Waals surface area contributed by atoms with Crippen LogP contribution in [0.1, 0.15) is 166 Å². The Morgan fingerprint density at radius 3 is 1.82 bits per heavy atom. The Morgan fingerprint density at radius 1 is 0.555 bits per heavy atom. The zero-order valence-corrected chi connectivity index (χ0v) is 62.7. The maximum absolute atomic E-state index is 16.2. The molecule has 0 aromatic heterocycles. The summed E-state index contributed by atoms with van der Waals surface area (Å²) in [5.41, 5.74) is -2.84. The number of carbonyl (C=O) groups excluding carboxylic acids is 8. The van der Waals surface area contributed by atoms with Crippen LogP contribution in [0.5, 0.6) is 69.0 Å². The van der Waals surface area contributed by atoms with Gasteiger partial charge in [-0.1, -0.05) is 99.3 Å². The third-order valence-electron chi connectivity index (χ3n) is 18.9. The van der Waals surface area contributed by atoms with Gasteiger partial charge >= 0.3 is 6.09 Å². The van der Waals surface area contributed by atoms with Crippen LogP contribution in [0.25, 0.3) is 11.1 Å². The molecule has 110 heavy (non-hydrogen) atoms. The first-order valence-electron chi connectivity index (χ1n) is 36.1. The SMILES string of the molecule is CCCCCCCCCCNCc1c(O)cc2c(c1O)-c1cc(ccc1O)[C@@H]1NC(=O)[C@H]3NC(=O)[C@H]4NC(=O)[C@H](Cc5ccc(c(Cl)c5)Oc5cc3cc(c5O)Oc3ccc(cc3Cl)C(O)[C@H](NC1=O)C(=O)N[C@@H]2C(=O)NCCCN(C)C)NC(=O)[C@H](NC(=O)OC(C)(C)C)c1ccc(O)c(c1)Oc1cc(O)cc4c1. The van der Waals surface area contributed by atoms with Gasteiger partial charge in [-0.15, -0.1) is 0 Å². The fourth-order valence-electron chi connectivity index (χ4n) is 13.3. The van der Waals surface area contributed by atoms with Gasteiger partial charge < -0.3 is 107 Å². The van der Waals surface area contributed by atoms with Crippen molar-refractivity contribution in [3.63, 3.8) is 0 Å². The van der Waals surface area contributed by atoms with Gasteiger partial charge in [-0.05, 0) is 179 Å². The predicted molar refractivity (Wildman–Crippen MR) is 403 cm³/mol. The number of ether oxygens (including phenoxy) is 4. The average Bonchev–Trinajstić information content (AvgIpc) is 0.754. The van der Waals surface area contributed by atoms with Crippen LogP contribution in [0, 0.1) is 0 Å². The summed E-state index contributed by atoms with van der Waals surface area (Å²) in [7, 11) is 3.65. The third-order valence-corrected chi connectivity index (χ3v) is 19.5. The number of nitrogens with zero attached hydrogens (tertiary/aromatic N) is 1. The van der Waals surface area contributed by atoms with Crippen molar-refractivity contribution in [3.05, 3.63) is 164 Å². The summed E-state index contributed by atoms with van der Waals surface area (Å²) < 4.78 is 24.4. The van der Waals surface area contributed by atoms with E-state index >= 15 is 24.0 Å². The number of nitrogens with one attached hydrogen (secondary N) is 9. The van der Waals surface area contributed by atoms with E-state index in [1.807, 2.05) is 19.0 Å². The van der Waals surface area contributed by atoms with Gasteiger partial charge in [0.25, 0.3) is 0 Å². The zero-order chi connectivity index (χ0) is 79.0. The Labute approximate surface area is 643 Å². The second-order valence-electron chi connectivity index (χ2n) is 28.7. The van der Waals surface area contributed by atoms with Gasteiger partial charge in [0.2, 0.25) is 47.1 Å². The van der Waals surface area contributed by atoms with Crippen molar-refractivity contribution >= 4 is 70.6 Å². The minimum Gasteiger partial charge on any atom is -0.508 e. The lowest BCUT2D eigenvalue weighted by atomic mass is 9.87. The molecule has 17 bridgehead atoms. The highest BCUT2D eigenvalue weighted by Crippen LogP contribution is 2.49. The zero-order valence-electron chi connectivity index (χ0n) is 61.1. The van der Waals surface area contributed by atoms with E-state index in [2.05, 4.69) is 54.8 Å². The number of aliphatic hydroxyl groups is 1. The van der Waals surface area contributed by atoms with E-state index < -0.39 is 154 Å². The number of hydrogen-bond donors (Lipinski definition) is 16. The van der Waals surface area contributed by atoms with Crippen LogP contribution >= 0.6 is 23.2 Å². The minimum absolute atomic E-state index is 0.00140. The fourth-order valence-corrected chi connectivity index (χ4v) is 13.8. The number of amides is 8. The number of fused-ring (bicyclic) bond motifs is 14. The number of carbonyl (C=O) groups is 8. The molecule has 29 nitrogen and oxygen atoms in total. The summed E-state index contributed by atoms with van der Waals surface area (Å²) in [6, 6.07) is 7.86. The lowest BCUT2D eigenvalue weighted by molar-refractivity contribution is -0.137. The molecule has 6 heterocycles. The number of unbranched alkanes of at least 4 members (excludes halogenated alkanes) is 7. The monoisotopic (exact) mass is 1550 g/mol. The highest BCUT2D eigenvalue weighted by Gasteiger charge is 2.42. The summed E-state index contributed by atoms with van der Waals surface area (Å²) >= 11 is 14.0. The van der Waals surface area contributed by atoms with Crippen molar-refractivity contribution in [2.24, 2.45) is 0 Å². The average molecular weight is 1550 g/mol. The molecule has 0 aliphatic carbocycles. The first-order valence-corrected chi connectivity index (χ1v) is 36.9. The number of benzene rings is 7. The van der Waals surface area contributed by atoms with Crippen LogP contribution in [0.15, 0.2) is 109 Å². The van der Waals surface area contributed by atoms with E-state index in [1.54, 1.807) is 20.8 Å². The highest BCUT2D eigenvalue weighted by atomic mass is 35.5. The van der Waals surface area contributed by atoms with Crippen molar-refractivity contribution in [3.8, 4) is 80.1 Å². The topological polar surface area (TPSA) is 427 Å². The molecule has 0 saturated heterocycles. The summed E-state index contributed by atoms with van der Waals surface area (Å²) in [5.74, 6) is -13.9. The van der Waals surface area contributed by atoms with Crippen molar-refractivity contribution in [2.45, 2.75) is 152 Å². The van der Waals surface area contributed by atoms with Crippen LogP contribution in [0.2, 0.25) is 10.0 Å². The van der Waals surface area contributed by atoms with Crippen LogP contribution < -0.4 is 62.1 Å². The van der Waals surface area contributed by atoms with E-state index in [0.717, 1.165) is 93.8 Å². The highest BCUT2D eigenvalue weighted by molar-refractivity contribution is 6.32. The lowest BCUT2D eigenvalue weighted by Crippen LogP contribution is -2.56. The molecule has 1 unspecified atom stereocenters. The Kier molecular flexibility index (Phi) is 25.1. The molecule has 0 spiro atoms. The number of alkyl carbamates (subject to hydrolysis) is 1. The summed E-state index contributed by atoms with van der Waals surface area (Å²) in [5, 5.41) is 109. The number of aliphatic hydroxyl groups excluding tert-OH is 1. The maximum atomic E-state index is 16.2. The van der Waals surface area contributed by atoms with Crippen LogP contribution in [0.4, 0.5) is 4.79 Å². The smallest absolute Gasteiger partial charge is 0.408 e. The molecule has 0 radical (unpaired) electrons. The summed E-state index contributed by atoms with van der Waals surface area (Å²) in [4.78, 5) is 124. The normalized spacial score (nSPS) is 19.8. The minimum atomic E-state index is -2.21. The van der Waals surface area contributed by atoms with E-state index in [9.17, 15) is 50.1 Å². The number of halogens is 2. The van der Waals surface area contributed by atoms with Crippen LogP contribution in [-0.2, 0) is 51.3 Å². The molecular weight excluding hydrogens is 1460 g/mol. The second kappa shape index (κ2) is 34.6. The molecule has 31 heteroatoms. The maximum Gasteiger partial charge on any atom is 0.408 e. The molecule has 582 valence electrons. The molecule has 0 saturated carbocycles. The molecule has 8 amide bonds. The van der Waals surface area contributed by atoms with Crippen LogP contribution in [-0.4, -0.2) is 140 Å². The van der Waals surface area contributed by atoms with Gasteiger partial charge in [0.1, 0.15) is 94.2 Å². The molecule has 0 fully saturated rings. The molecule has 16 N–H and O–H groups in total. The Hall–Kier alpha value is -11.2. The fraction of sp³-hybridized carbons (Fsp3) is 0.367. The van der Waals surface area contributed by atoms with Gasteiger partial charge in [0.05, 0.1) is 15.6 Å². The van der Waals surface area contributed by atoms with Crippen molar-refractivity contribution < 1.29 is 93.0 Å². The first kappa shape index (κ1) is 79.8. The first-order chi connectivity index (χ1) is 52.4. The Morgan fingerprint density at radius 2 is 1.15 bits per heavy atom. The largest absolute Gasteiger partial charge is 0.508 e. The predicted octanol–water partition coefficient (Wildman–Crippen LogP) is 9.76. The van der Waals surface area contributed by atoms with E-state index in [-0.39, 0.29) is 102 Å². The van der Waals surface area contributed by atoms with E-state index in [0.29, 0.717) is 19.5 Å². The van der Waals surface area contributed by atoms with Crippen molar-refractivity contribution in [1.82, 2.24) is 52.8 Å². The van der Waals surface area contributed by atoms with E-state index in [1.165, 1.54) is 66.7 Å². The number of phenols is 6. The molecule has 7 aromatic carbocycles. The van der Waals surface area contributed by atoms with Gasteiger partial charge in [0, 0.05) is 36.7 Å².